The van der Waals surface area contributed by atoms with E-state index in [1.165, 1.54) is 0 Å². The molecule has 30 heavy (non-hydrogen) atoms. The Balaban J connectivity index is 1.70. The fourth-order valence-corrected chi connectivity index (χ4v) is 3.70. The third-order valence-corrected chi connectivity index (χ3v) is 5.19. The number of carbonyl (C=O) groups excluding carboxylic acids is 3. The Kier molecular flexibility index (Phi) is 7.60. The average Bonchev–Trinajstić information content (AvgIpc) is 2.75. The van der Waals surface area contributed by atoms with Gasteiger partial charge in [0, 0.05) is 31.6 Å². The van der Waals surface area contributed by atoms with Crippen molar-refractivity contribution in [1.82, 2.24) is 10.2 Å². The van der Waals surface area contributed by atoms with Crippen molar-refractivity contribution in [2.45, 2.75) is 51.6 Å². The zero-order valence-corrected chi connectivity index (χ0v) is 17.4. The van der Waals surface area contributed by atoms with Crippen LogP contribution in [0.2, 0.25) is 0 Å². The smallest absolute Gasteiger partial charge is 0.247 e. The third-order valence-electron chi connectivity index (χ3n) is 5.19. The highest BCUT2D eigenvalue weighted by Crippen LogP contribution is 2.26. The van der Waals surface area contributed by atoms with Crippen LogP contribution in [0.15, 0.2) is 54.6 Å². The minimum Gasteiger partial charge on any atom is -0.350 e. The lowest BCUT2D eigenvalue weighted by Crippen LogP contribution is -2.45. The van der Waals surface area contributed by atoms with Gasteiger partial charge < -0.3 is 15.5 Å². The molecule has 2 aromatic carbocycles. The Labute approximate surface area is 177 Å². The van der Waals surface area contributed by atoms with E-state index in [2.05, 4.69) is 10.6 Å². The summed E-state index contributed by atoms with van der Waals surface area (Å²) in [5, 5.41) is 5.85. The van der Waals surface area contributed by atoms with Gasteiger partial charge in [0.15, 0.2) is 0 Å². The maximum atomic E-state index is 13.1. The van der Waals surface area contributed by atoms with Gasteiger partial charge in [0.25, 0.3) is 0 Å². The molecule has 1 unspecified atom stereocenters. The van der Waals surface area contributed by atoms with E-state index in [4.69, 9.17) is 0 Å². The van der Waals surface area contributed by atoms with Crippen molar-refractivity contribution in [3.05, 3.63) is 65.7 Å². The molecule has 2 aromatic rings. The first-order valence-corrected chi connectivity index (χ1v) is 10.6. The van der Waals surface area contributed by atoms with Gasteiger partial charge in [-0.05, 0) is 42.5 Å². The van der Waals surface area contributed by atoms with Gasteiger partial charge in [0.05, 0.1) is 0 Å². The summed E-state index contributed by atoms with van der Waals surface area (Å²) in [5.74, 6) is -0.200. The van der Waals surface area contributed by atoms with Crippen molar-refractivity contribution in [2.75, 3.05) is 11.9 Å². The molecule has 1 saturated heterocycles. The second kappa shape index (κ2) is 10.6. The van der Waals surface area contributed by atoms with Crippen LogP contribution < -0.4 is 10.6 Å². The molecule has 3 amide bonds. The van der Waals surface area contributed by atoms with Crippen LogP contribution in [0.5, 0.6) is 0 Å². The second-order valence-corrected chi connectivity index (χ2v) is 7.57. The molecule has 0 saturated carbocycles. The van der Waals surface area contributed by atoms with Gasteiger partial charge >= 0.3 is 0 Å². The maximum Gasteiger partial charge on any atom is 0.247 e. The Bertz CT molecular complexity index is 882. The maximum absolute atomic E-state index is 13.1. The van der Waals surface area contributed by atoms with Gasteiger partial charge in [-0.15, -0.1) is 0 Å². The van der Waals surface area contributed by atoms with Crippen LogP contribution in [-0.2, 0) is 20.9 Å². The summed E-state index contributed by atoms with van der Waals surface area (Å²) in [4.78, 5) is 39.1. The summed E-state index contributed by atoms with van der Waals surface area (Å²) in [7, 11) is 0. The van der Waals surface area contributed by atoms with Crippen molar-refractivity contribution >= 4 is 23.4 Å². The number of benzene rings is 2. The lowest BCUT2D eigenvalue weighted by atomic mass is 10.0. The SMILES string of the molecule is CCCC(=O)Nc1cccc(CNC(=O)C(c2ccccc2)N2CCCCC2=O)c1. The number of nitrogens with zero attached hydrogens (tertiary/aromatic N) is 1. The second-order valence-electron chi connectivity index (χ2n) is 7.57. The molecule has 3 rings (SSSR count). The minimum absolute atomic E-state index is 0.0193. The molecule has 158 valence electrons. The molecule has 0 aliphatic carbocycles. The molecular weight excluding hydrogens is 378 g/mol. The summed E-state index contributed by atoms with van der Waals surface area (Å²) in [5.41, 5.74) is 2.41. The Morgan fingerprint density at radius 1 is 1.07 bits per heavy atom. The number of hydrogen-bond acceptors (Lipinski definition) is 3. The van der Waals surface area contributed by atoms with Crippen LogP contribution >= 0.6 is 0 Å². The number of hydrogen-bond donors (Lipinski definition) is 2. The third kappa shape index (κ3) is 5.69. The first kappa shape index (κ1) is 21.6. The monoisotopic (exact) mass is 407 g/mol. The van der Waals surface area contributed by atoms with E-state index in [1.54, 1.807) is 4.90 Å². The summed E-state index contributed by atoms with van der Waals surface area (Å²) in [6, 6.07) is 16.2. The predicted octanol–water partition coefficient (Wildman–Crippen LogP) is 3.80. The van der Waals surface area contributed by atoms with Gasteiger partial charge in [-0.1, -0.05) is 49.4 Å². The number of rotatable bonds is 8. The standard InChI is InChI=1S/C24H29N3O3/c1-2-9-21(28)26-20-13-8-10-18(16-20)17-25-24(30)23(19-11-4-3-5-12-19)27-15-7-6-14-22(27)29/h3-5,8,10-13,16,23H,2,6-7,9,14-15,17H2,1H3,(H,25,30)(H,26,28). The van der Waals surface area contributed by atoms with Crippen LogP contribution in [0, 0.1) is 0 Å². The highest BCUT2D eigenvalue weighted by atomic mass is 16.2. The van der Waals surface area contributed by atoms with E-state index in [0.29, 0.717) is 31.6 Å². The van der Waals surface area contributed by atoms with Gasteiger partial charge in [0.1, 0.15) is 6.04 Å². The lowest BCUT2D eigenvalue weighted by Gasteiger charge is -2.34. The van der Waals surface area contributed by atoms with Crippen LogP contribution in [0.3, 0.4) is 0 Å². The Morgan fingerprint density at radius 3 is 2.60 bits per heavy atom. The minimum atomic E-state index is -0.633. The molecular formula is C24H29N3O3. The molecule has 6 nitrogen and oxygen atoms in total. The molecule has 0 aromatic heterocycles. The largest absolute Gasteiger partial charge is 0.350 e. The molecule has 2 N–H and O–H groups in total. The molecule has 1 heterocycles. The van der Waals surface area contributed by atoms with Gasteiger partial charge in [-0.3, -0.25) is 14.4 Å². The number of amides is 3. The van der Waals surface area contributed by atoms with E-state index in [1.807, 2.05) is 61.5 Å². The van der Waals surface area contributed by atoms with Crippen molar-refractivity contribution in [2.24, 2.45) is 0 Å². The number of piperidine rings is 1. The zero-order chi connectivity index (χ0) is 21.3. The summed E-state index contributed by atoms with van der Waals surface area (Å²) >= 11 is 0. The van der Waals surface area contributed by atoms with E-state index in [0.717, 1.165) is 30.4 Å². The van der Waals surface area contributed by atoms with Crippen molar-refractivity contribution in [3.63, 3.8) is 0 Å². The number of likely N-dealkylation sites (tertiary alicyclic amines) is 1. The van der Waals surface area contributed by atoms with Gasteiger partial charge in [-0.2, -0.15) is 0 Å². The molecule has 1 aliphatic rings. The van der Waals surface area contributed by atoms with E-state index in [9.17, 15) is 14.4 Å². The first-order chi connectivity index (χ1) is 14.6. The molecule has 6 heteroatoms. The van der Waals surface area contributed by atoms with Crippen LogP contribution in [0.4, 0.5) is 5.69 Å². The number of carbonyl (C=O) groups is 3. The summed E-state index contributed by atoms with van der Waals surface area (Å²) < 4.78 is 0. The van der Waals surface area contributed by atoms with E-state index in [-0.39, 0.29) is 17.7 Å². The molecule has 1 atom stereocenters. The average molecular weight is 408 g/mol. The molecule has 0 bridgehead atoms. The van der Waals surface area contributed by atoms with Gasteiger partial charge in [-0.25, -0.2) is 0 Å². The van der Waals surface area contributed by atoms with Crippen molar-refractivity contribution < 1.29 is 14.4 Å². The summed E-state index contributed by atoms with van der Waals surface area (Å²) in [6.07, 6.45) is 3.52. The molecule has 0 radical (unpaired) electrons. The predicted molar refractivity (Wildman–Crippen MR) is 117 cm³/mol. The van der Waals surface area contributed by atoms with E-state index < -0.39 is 6.04 Å². The number of anilines is 1. The lowest BCUT2D eigenvalue weighted by molar-refractivity contribution is -0.142. The Morgan fingerprint density at radius 2 is 1.87 bits per heavy atom. The topological polar surface area (TPSA) is 78.5 Å². The summed E-state index contributed by atoms with van der Waals surface area (Å²) in [6.45, 7) is 2.87. The fourth-order valence-electron chi connectivity index (χ4n) is 3.70. The number of nitrogens with one attached hydrogen (secondary N) is 2. The molecule has 1 aliphatic heterocycles. The first-order valence-electron chi connectivity index (χ1n) is 10.6. The molecule has 1 fully saturated rings. The van der Waals surface area contributed by atoms with E-state index >= 15 is 0 Å². The highest BCUT2D eigenvalue weighted by molar-refractivity contribution is 5.91. The van der Waals surface area contributed by atoms with Crippen LogP contribution in [0.1, 0.15) is 56.2 Å². The van der Waals surface area contributed by atoms with Gasteiger partial charge in [0.2, 0.25) is 17.7 Å². The fraction of sp³-hybridized carbons (Fsp3) is 0.375. The molecule has 0 spiro atoms. The van der Waals surface area contributed by atoms with Crippen molar-refractivity contribution in [3.8, 4) is 0 Å². The van der Waals surface area contributed by atoms with Crippen molar-refractivity contribution in [1.29, 1.82) is 0 Å². The Hall–Kier alpha value is -3.15. The van der Waals surface area contributed by atoms with Crippen LogP contribution in [0.25, 0.3) is 0 Å². The zero-order valence-electron chi connectivity index (χ0n) is 17.4. The van der Waals surface area contributed by atoms with Crippen LogP contribution in [-0.4, -0.2) is 29.2 Å². The highest BCUT2D eigenvalue weighted by Gasteiger charge is 2.32. The normalized spacial score (nSPS) is 14.8. The quantitative estimate of drug-likeness (QED) is 0.699.